The molecule has 0 amide bonds. The Bertz CT molecular complexity index is 2300. The van der Waals surface area contributed by atoms with Gasteiger partial charge in [-0.05, 0) is 96.3 Å². The Hall–Kier alpha value is -3.98. The Balaban J connectivity index is 1.48. The van der Waals surface area contributed by atoms with Crippen molar-refractivity contribution in [2.75, 3.05) is 19.5 Å². The molecule has 0 spiro atoms. The highest BCUT2D eigenvalue weighted by Gasteiger charge is 2.35. The number of benzene rings is 4. The van der Waals surface area contributed by atoms with Crippen LogP contribution in [-0.2, 0) is 20.9 Å². The van der Waals surface area contributed by atoms with Gasteiger partial charge in [0.15, 0.2) is 4.80 Å². The molecular weight excluding hydrogens is 863 g/mol. The van der Waals surface area contributed by atoms with Crippen LogP contribution in [0.1, 0.15) is 52.5 Å². The third-order valence-corrected chi connectivity index (χ3v) is 11.0. The first-order chi connectivity index (χ1) is 24.7. The number of thioether (sulfide) groups is 1. The molecule has 0 bridgehead atoms. The molecule has 0 N–H and O–H groups in total. The fourth-order valence-electron chi connectivity index (χ4n) is 5.63. The summed E-state index contributed by atoms with van der Waals surface area (Å²) in [5.41, 5.74) is 4.01. The van der Waals surface area contributed by atoms with Gasteiger partial charge in [-0.1, -0.05) is 81.9 Å². The van der Waals surface area contributed by atoms with E-state index in [1.165, 1.54) is 11.3 Å². The predicted molar refractivity (Wildman–Crippen MR) is 213 cm³/mol. The summed E-state index contributed by atoms with van der Waals surface area (Å²) in [7, 11) is 0. The lowest BCUT2D eigenvalue weighted by atomic mass is 9.93. The van der Waals surface area contributed by atoms with Gasteiger partial charge in [0.25, 0.3) is 5.56 Å². The minimum atomic E-state index is -0.774. The van der Waals surface area contributed by atoms with Crippen LogP contribution in [0.3, 0.4) is 0 Å². The van der Waals surface area contributed by atoms with Gasteiger partial charge >= 0.3 is 11.9 Å². The number of carbonyl (C=O) groups excluding carboxylic acids is 2. The van der Waals surface area contributed by atoms with E-state index in [1.54, 1.807) is 48.4 Å². The smallest absolute Gasteiger partial charge is 0.338 e. The molecule has 260 valence electrons. The van der Waals surface area contributed by atoms with Crippen molar-refractivity contribution in [3.63, 3.8) is 0 Å². The van der Waals surface area contributed by atoms with Gasteiger partial charge in [-0.2, -0.15) is 0 Å². The van der Waals surface area contributed by atoms with Gasteiger partial charge in [-0.25, -0.2) is 14.6 Å². The van der Waals surface area contributed by atoms with E-state index < -0.39 is 12.0 Å². The minimum absolute atomic E-state index is 0.173. The monoisotopic (exact) mass is 894 g/mol. The average molecular weight is 896 g/mol. The summed E-state index contributed by atoms with van der Waals surface area (Å²) in [6.07, 6.45) is 3.80. The van der Waals surface area contributed by atoms with E-state index in [4.69, 9.17) is 19.2 Å². The van der Waals surface area contributed by atoms with Crippen molar-refractivity contribution >= 4 is 85.3 Å². The van der Waals surface area contributed by atoms with Crippen molar-refractivity contribution in [2.24, 2.45) is 4.99 Å². The van der Waals surface area contributed by atoms with E-state index in [1.807, 2.05) is 85.1 Å². The second-order valence-corrected chi connectivity index (χ2v) is 15.2. The number of rotatable bonds is 11. The zero-order valence-corrected chi connectivity index (χ0v) is 33.2. The molecule has 0 saturated heterocycles. The molecule has 51 heavy (non-hydrogen) atoms. The molecule has 0 fully saturated rings. The number of ether oxygens (including phenoxy) is 3. The number of esters is 2. The van der Waals surface area contributed by atoms with Crippen LogP contribution in [0.15, 0.2) is 116 Å². The highest BCUT2D eigenvalue weighted by molar-refractivity contribution is 14.1. The van der Waals surface area contributed by atoms with Crippen molar-refractivity contribution in [3.05, 3.63) is 152 Å². The van der Waals surface area contributed by atoms with E-state index in [0.717, 1.165) is 29.6 Å². The Morgan fingerprint density at radius 1 is 0.961 bits per heavy atom. The molecule has 1 aliphatic heterocycles. The third kappa shape index (κ3) is 8.09. The van der Waals surface area contributed by atoms with Crippen LogP contribution >= 0.6 is 61.6 Å². The molecule has 4 aromatic carbocycles. The molecule has 1 atom stereocenters. The van der Waals surface area contributed by atoms with Crippen molar-refractivity contribution in [1.29, 1.82) is 0 Å². The standard InChI is InChI=1S/C39H32BrIN2O6S2/c1-4-47-37(45)26-13-11-23(12-14-26)22-49-35-27(19-28(40)21-30(35)41)20-31-36(44)43-34(25-15-17-29(50-3)18-16-25)32(38(46)48-5-2)33(42-39(43)51-31)24-9-7-6-8-10-24/h6-21,34H,4-5,22H2,1-3H3/b31-20-/t34-/m0/s1. The SMILES string of the molecule is CCOC(=O)C1=C(c2ccccc2)N=c2s/c(=C\c3cc(Br)cc(I)c3OCc3ccc(C(=O)OCC)cc3)c(=O)n2[C@H]1c1ccc(SC)cc1. The number of fused-ring (bicyclic) bond motifs is 1. The van der Waals surface area contributed by atoms with E-state index in [9.17, 15) is 14.4 Å². The highest BCUT2D eigenvalue weighted by Crippen LogP contribution is 2.36. The summed E-state index contributed by atoms with van der Waals surface area (Å²) in [4.78, 5) is 46.9. The largest absolute Gasteiger partial charge is 0.487 e. The van der Waals surface area contributed by atoms with E-state index in [0.29, 0.717) is 44.1 Å². The van der Waals surface area contributed by atoms with Crippen molar-refractivity contribution in [3.8, 4) is 5.75 Å². The topological polar surface area (TPSA) is 96.2 Å². The number of hydrogen-bond acceptors (Lipinski definition) is 9. The minimum Gasteiger partial charge on any atom is -0.487 e. The van der Waals surface area contributed by atoms with E-state index >= 15 is 0 Å². The Labute approximate surface area is 325 Å². The van der Waals surface area contributed by atoms with Crippen LogP contribution in [0, 0.1) is 3.57 Å². The molecule has 0 saturated carbocycles. The number of aromatic nitrogens is 1. The molecule has 6 rings (SSSR count). The van der Waals surface area contributed by atoms with Crippen LogP contribution in [-0.4, -0.2) is 36.0 Å². The third-order valence-electron chi connectivity index (χ3n) is 7.98. The lowest BCUT2D eigenvalue weighted by molar-refractivity contribution is -0.138. The molecule has 1 aliphatic rings. The van der Waals surface area contributed by atoms with Gasteiger partial charge < -0.3 is 14.2 Å². The Kier molecular flexibility index (Phi) is 12.0. The predicted octanol–water partition coefficient (Wildman–Crippen LogP) is 7.78. The first-order valence-corrected chi connectivity index (χ1v) is 19.9. The molecule has 12 heteroatoms. The van der Waals surface area contributed by atoms with Gasteiger partial charge in [-0.3, -0.25) is 9.36 Å². The molecule has 5 aromatic rings. The molecule has 0 unspecified atom stereocenters. The van der Waals surface area contributed by atoms with E-state index in [2.05, 4.69) is 38.5 Å². The zero-order chi connectivity index (χ0) is 36.1. The summed E-state index contributed by atoms with van der Waals surface area (Å²) in [6, 6.07) is 27.5. The van der Waals surface area contributed by atoms with Gasteiger partial charge in [0.05, 0.1) is 44.2 Å². The number of hydrogen-bond donors (Lipinski definition) is 0. The molecule has 1 aromatic heterocycles. The van der Waals surface area contributed by atoms with Crippen molar-refractivity contribution < 1.29 is 23.8 Å². The summed E-state index contributed by atoms with van der Waals surface area (Å²) in [5.74, 6) is -0.304. The maximum atomic E-state index is 14.5. The fraction of sp³-hybridized carbons (Fsp3) is 0.179. The maximum absolute atomic E-state index is 14.5. The first kappa shape index (κ1) is 36.8. The van der Waals surface area contributed by atoms with E-state index in [-0.39, 0.29) is 24.7 Å². The number of halogens is 2. The van der Waals surface area contributed by atoms with Crippen LogP contribution < -0.4 is 19.6 Å². The number of thiazole rings is 1. The zero-order valence-electron chi connectivity index (χ0n) is 27.9. The second-order valence-electron chi connectivity index (χ2n) is 11.2. The lowest BCUT2D eigenvalue weighted by Crippen LogP contribution is -2.40. The van der Waals surface area contributed by atoms with Crippen molar-refractivity contribution in [2.45, 2.75) is 31.4 Å². The fourth-order valence-corrected chi connectivity index (χ4v) is 8.74. The maximum Gasteiger partial charge on any atom is 0.338 e. The van der Waals surface area contributed by atoms with Crippen LogP contribution in [0.5, 0.6) is 5.75 Å². The Morgan fingerprint density at radius 3 is 2.31 bits per heavy atom. The quantitative estimate of drug-likeness (QED) is 0.0760. The molecule has 0 aliphatic carbocycles. The van der Waals surface area contributed by atoms with Crippen molar-refractivity contribution in [1.82, 2.24) is 4.57 Å². The molecule has 8 nitrogen and oxygen atoms in total. The first-order valence-electron chi connectivity index (χ1n) is 16.0. The summed E-state index contributed by atoms with van der Waals surface area (Å²) in [5, 5.41) is 0. The van der Waals surface area contributed by atoms with Crippen LogP contribution in [0.2, 0.25) is 0 Å². The van der Waals surface area contributed by atoms with Crippen LogP contribution in [0.4, 0.5) is 0 Å². The second kappa shape index (κ2) is 16.6. The van der Waals surface area contributed by atoms with Gasteiger partial charge in [0.2, 0.25) is 0 Å². The lowest BCUT2D eigenvalue weighted by Gasteiger charge is -2.26. The van der Waals surface area contributed by atoms with Gasteiger partial charge in [0, 0.05) is 20.5 Å². The molecule has 2 heterocycles. The van der Waals surface area contributed by atoms with Crippen LogP contribution in [0.25, 0.3) is 11.8 Å². The number of carbonyl (C=O) groups is 2. The molecular formula is C39H32BrIN2O6S2. The molecule has 0 radical (unpaired) electrons. The highest BCUT2D eigenvalue weighted by atomic mass is 127. The van der Waals surface area contributed by atoms with Gasteiger partial charge in [-0.15, -0.1) is 11.8 Å². The average Bonchev–Trinajstić information content (AvgIpc) is 3.45. The Morgan fingerprint density at radius 2 is 1.65 bits per heavy atom. The van der Waals surface area contributed by atoms with Gasteiger partial charge in [0.1, 0.15) is 12.4 Å². The summed E-state index contributed by atoms with van der Waals surface area (Å²) >= 11 is 8.69. The normalized spacial score (nSPS) is 14.1. The number of nitrogens with zero attached hydrogens (tertiary/aromatic N) is 2. The summed E-state index contributed by atoms with van der Waals surface area (Å²) in [6.45, 7) is 4.24. The summed E-state index contributed by atoms with van der Waals surface area (Å²) < 4.78 is 20.7.